The lowest BCUT2D eigenvalue weighted by Crippen LogP contribution is -2.54. The van der Waals surface area contributed by atoms with E-state index in [9.17, 15) is 19.6 Å². The maximum absolute atomic E-state index is 13.7. The molecule has 0 unspecified atom stereocenters. The molecule has 0 bridgehead atoms. The lowest BCUT2D eigenvalue weighted by Gasteiger charge is -2.41. The number of aldehydes is 1. The number of rotatable bonds is 7. The van der Waals surface area contributed by atoms with Gasteiger partial charge in [-0.1, -0.05) is 18.2 Å². The zero-order valence-corrected chi connectivity index (χ0v) is 22.3. The summed E-state index contributed by atoms with van der Waals surface area (Å²) >= 11 is 0. The zero-order chi connectivity index (χ0) is 27.2. The molecule has 2 aromatic carbocycles. The molecule has 2 aromatic rings. The monoisotopic (exact) mass is 504 g/mol. The van der Waals surface area contributed by atoms with Crippen LogP contribution in [0.4, 0.5) is 10.5 Å². The minimum Gasteiger partial charge on any atom is -0.444 e. The van der Waals surface area contributed by atoms with Crippen molar-refractivity contribution in [2.24, 2.45) is 0 Å². The number of piperazine rings is 1. The highest BCUT2D eigenvalue weighted by molar-refractivity contribution is 5.98. The Labute approximate surface area is 219 Å². The molecule has 1 fully saturated rings. The van der Waals surface area contributed by atoms with Crippen LogP contribution in [0.25, 0.3) is 0 Å². The molecule has 8 nitrogen and oxygen atoms in total. The third-order valence-electron chi connectivity index (χ3n) is 6.39. The Morgan fingerprint density at radius 1 is 1.22 bits per heavy atom. The second kappa shape index (κ2) is 11.9. The molecule has 8 heteroatoms. The Bertz CT molecular complexity index is 1200. The largest absolute Gasteiger partial charge is 0.444 e. The molecular formula is C29H36N4O4. The van der Waals surface area contributed by atoms with Crippen molar-refractivity contribution in [1.82, 2.24) is 10.2 Å². The molecule has 1 atom stereocenters. The Morgan fingerprint density at radius 2 is 1.95 bits per heavy atom. The quantitative estimate of drug-likeness (QED) is 0.440. The van der Waals surface area contributed by atoms with E-state index >= 15 is 0 Å². The molecule has 1 saturated heterocycles. The summed E-state index contributed by atoms with van der Waals surface area (Å²) in [6.07, 6.45) is 1.50. The number of nitrogens with zero attached hydrogens (tertiary/aromatic N) is 3. The number of hydrogen-bond acceptors (Lipinski definition) is 6. The van der Waals surface area contributed by atoms with E-state index in [0.29, 0.717) is 55.7 Å². The summed E-state index contributed by atoms with van der Waals surface area (Å²) in [5.41, 5.74) is 3.60. The van der Waals surface area contributed by atoms with E-state index in [0.717, 1.165) is 23.1 Å². The number of nitriles is 1. The van der Waals surface area contributed by atoms with Crippen molar-refractivity contribution in [2.45, 2.75) is 59.1 Å². The number of carbonyl (C=O) groups excluding carboxylic acids is 3. The standard InChI is InChI=1S/C29H36N4O4/c1-20-15-22(10-8-12-31-28(36)37-29(3,4)5)25(16-24(20)19-34)27(35)33-14-13-32(18-21(33)2)26-11-7-6-9-23(26)17-30/h6-7,9,11,15-16,19,21H,8,10,12-14,18H2,1-5H3,(H,31,36)/t21-/m0/s1. The topological polar surface area (TPSA) is 103 Å². The molecule has 1 aliphatic rings. The number of amides is 2. The van der Waals surface area contributed by atoms with Crippen molar-refractivity contribution >= 4 is 24.0 Å². The van der Waals surface area contributed by atoms with Crippen LogP contribution in [0.5, 0.6) is 0 Å². The van der Waals surface area contributed by atoms with Crippen molar-refractivity contribution in [1.29, 1.82) is 5.26 Å². The van der Waals surface area contributed by atoms with Gasteiger partial charge in [-0.15, -0.1) is 0 Å². The number of hydrogen-bond donors (Lipinski definition) is 1. The molecule has 3 rings (SSSR count). The molecule has 0 aliphatic carbocycles. The summed E-state index contributed by atoms with van der Waals surface area (Å²) in [5.74, 6) is -0.112. The average Bonchev–Trinajstić information content (AvgIpc) is 2.85. The molecular weight excluding hydrogens is 468 g/mol. The van der Waals surface area contributed by atoms with E-state index in [1.54, 1.807) is 12.1 Å². The Kier molecular flexibility index (Phi) is 8.93. The van der Waals surface area contributed by atoms with Gasteiger partial charge in [0.2, 0.25) is 0 Å². The van der Waals surface area contributed by atoms with Crippen molar-refractivity contribution in [3.8, 4) is 6.07 Å². The van der Waals surface area contributed by atoms with Crippen molar-refractivity contribution < 1.29 is 19.1 Å². The maximum Gasteiger partial charge on any atom is 0.407 e. The van der Waals surface area contributed by atoms with Gasteiger partial charge in [-0.05, 0) is 76.8 Å². The Morgan fingerprint density at radius 3 is 2.59 bits per heavy atom. The fourth-order valence-electron chi connectivity index (χ4n) is 4.58. The lowest BCUT2D eigenvalue weighted by atomic mass is 9.95. The number of anilines is 1. The van der Waals surface area contributed by atoms with E-state index in [-0.39, 0.29) is 11.9 Å². The van der Waals surface area contributed by atoms with Crippen LogP contribution in [0.1, 0.15) is 71.5 Å². The van der Waals surface area contributed by atoms with Crippen molar-refractivity contribution in [3.63, 3.8) is 0 Å². The van der Waals surface area contributed by atoms with Gasteiger partial charge in [-0.3, -0.25) is 9.59 Å². The van der Waals surface area contributed by atoms with Crippen LogP contribution in [0.3, 0.4) is 0 Å². The first-order valence-electron chi connectivity index (χ1n) is 12.6. The highest BCUT2D eigenvalue weighted by Gasteiger charge is 2.30. The second-order valence-electron chi connectivity index (χ2n) is 10.4. The number of ether oxygens (including phenoxy) is 1. The molecule has 1 N–H and O–H groups in total. The number of para-hydroxylation sites is 1. The second-order valence-corrected chi connectivity index (χ2v) is 10.4. The number of benzene rings is 2. The van der Waals surface area contributed by atoms with E-state index in [1.165, 1.54) is 0 Å². The van der Waals surface area contributed by atoms with Gasteiger partial charge in [-0.2, -0.15) is 5.26 Å². The highest BCUT2D eigenvalue weighted by atomic mass is 16.6. The fourth-order valence-corrected chi connectivity index (χ4v) is 4.58. The average molecular weight is 505 g/mol. The molecule has 0 radical (unpaired) electrons. The summed E-state index contributed by atoms with van der Waals surface area (Å²) in [4.78, 5) is 41.3. The van der Waals surface area contributed by atoms with Gasteiger partial charge >= 0.3 is 6.09 Å². The van der Waals surface area contributed by atoms with Gasteiger partial charge in [0.05, 0.1) is 11.3 Å². The van der Waals surface area contributed by atoms with Gasteiger partial charge in [0.25, 0.3) is 5.91 Å². The number of aryl methyl sites for hydroxylation is 2. The molecule has 196 valence electrons. The van der Waals surface area contributed by atoms with Crippen LogP contribution >= 0.6 is 0 Å². The number of nitrogens with one attached hydrogen (secondary N) is 1. The van der Waals surface area contributed by atoms with Crippen molar-refractivity contribution in [3.05, 3.63) is 64.2 Å². The summed E-state index contributed by atoms with van der Waals surface area (Å²) in [7, 11) is 0. The highest BCUT2D eigenvalue weighted by Crippen LogP contribution is 2.26. The zero-order valence-electron chi connectivity index (χ0n) is 22.3. The Balaban J connectivity index is 1.73. The van der Waals surface area contributed by atoms with E-state index < -0.39 is 11.7 Å². The summed E-state index contributed by atoms with van der Waals surface area (Å²) in [5, 5.41) is 12.2. The van der Waals surface area contributed by atoms with Crippen LogP contribution in [0.2, 0.25) is 0 Å². The molecule has 0 spiro atoms. The smallest absolute Gasteiger partial charge is 0.407 e. The fraction of sp³-hybridized carbons (Fsp3) is 0.448. The molecule has 0 aromatic heterocycles. The minimum absolute atomic E-state index is 0.0873. The molecule has 1 heterocycles. The summed E-state index contributed by atoms with van der Waals surface area (Å²) in [6.45, 7) is 11.4. The summed E-state index contributed by atoms with van der Waals surface area (Å²) < 4.78 is 5.28. The van der Waals surface area contributed by atoms with Gasteiger partial charge in [-0.25, -0.2) is 4.79 Å². The van der Waals surface area contributed by atoms with Gasteiger partial charge in [0.1, 0.15) is 18.0 Å². The number of alkyl carbamates (subject to hydrolysis) is 1. The predicted octanol–water partition coefficient (Wildman–Crippen LogP) is 4.49. The van der Waals surface area contributed by atoms with Crippen LogP contribution in [-0.4, -0.2) is 61.0 Å². The van der Waals surface area contributed by atoms with E-state index in [1.807, 2.05) is 63.8 Å². The van der Waals surface area contributed by atoms with E-state index in [4.69, 9.17) is 4.74 Å². The predicted molar refractivity (Wildman–Crippen MR) is 143 cm³/mol. The van der Waals surface area contributed by atoms with E-state index in [2.05, 4.69) is 16.3 Å². The van der Waals surface area contributed by atoms with Crippen LogP contribution in [0, 0.1) is 18.3 Å². The third kappa shape index (κ3) is 7.10. The SMILES string of the molecule is Cc1cc(CCCNC(=O)OC(C)(C)C)c(C(=O)N2CCN(c3ccccc3C#N)C[C@@H]2C)cc1C=O. The van der Waals surface area contributed by atoms with Crippen LogP contribution < -0.4 is 10.2 Å². The Hall–Kier alpha value is -3.86. The maximum atomic E-state index is 13.7. The third-order valence-corrected chi connectivity index (χ3v) is 6.39. The van der Waals surface area contributed by atoms with Crippen LogP contribution in [-0.2, 0) is 11.2 Å². The minimum atomic E-state index is -0.567. The van der Waals surface area contributed by atoms with Crippen molar-refractivity contribution in [2.75, 3.05) is 31.1 Å². The summed E-state index contributed by atoms with van der Waals surface area (Å²) in [6, 6.07) is 13.2. The number of carbonyl (C=O) groups is 3. The lowest BCUT2D eigenvalue weighted by molar-refractivity contribution is 0.0526. The van der Waals surface area contributed by atoms with Gasteiger partial charge in [0.15, 0.2) is 0 Å². The normalized spacial score (nSPS) is 15.6. The molecule has 2 amide bonds. The molecule has 37 heavy (non-hydrogen) atoms. The first kappa shape index (κ1) is 27.7. The molecule has 1 aliphatic heterocycles. The molecule has 0 saturated carbocycles. The van der Waals surface area contributed by atoms with Gasteiger partial charge in [0, 0.05) is 43.3 Å². The van der Waals surface area contributed by atoms with Gasteiger partial charge < -0.3 is 19.9 Å². The first-order valence-corrected chi connectivity index (χ1v) is 12.6. The first-order chi connectivity index (χ1) is 17.5. The van der Waals surface area contributed by atoms with Crippen LogP contribution in [0.15, 0.2) is 36.4 Å².